The van der Waals surface area contributed by atoms with Crippen molar-refractivity contribution in [3.63, 3.8) is 0 Å². The number of amides is 3. The Morgan fingerprint density at radius 1 is 1.06 bits per heavy atom. The van der Waals surface area contributed by atoms with Gasteiger partial charge in [0.05, 0.1) is 11.6 Å². The van der Waals surface area contributed by atoms with Crippen molar-refractivity contribution in [1.29, 1.82) is 0 Å². The number of carbonyl (C=O) groups excluding carboxylic acids is 3. The van der Waals surface area contributed by atoms with Crippen LogP contribution in [0.25, 0.3) is 5.69 Å². The SMILES string of the molecule is CCCCc1ccc(N2CC(C(=O)Nc3ccc(-n4ccc(C(N)=O)n4)cc3)CC2=O)cc1. The Bertz CT molecular complexity index is 1150. The van der Waals surface area contributed by atoms with Crippen LogP contribution in [0.1, 0.15) is 42.2 Å². The van der Waals surface area contributed by atoms with Crippen LogP contribution in [0, 0.1) is 5.92 Å². The van der Waals surface area contributed by atoms with Gasteiger partial charge in [-0.1, -0.05) is 25.5 Å². The Kier molecular flexibility index (Phi) is 6.53. The van der Waals surface area contributed by atoms with Gasteiger partial charge in [-0.05, 0) is 60.9 Å². The van der Waals surface area contributed by atoms with E-state index in [1.807, 2.05) is 12.1 Å². The van der Waals surface area contributed by atoms with Crippen molar-refractivity contribution < 1.29 is 14.4 Å². The third-order valence-electron chi connectivity index (χ3n) is 5.80. The molecule has 0 saturated carbocycles. The highest BCUT2D eigenvalue weighted by Gasteiger charge is 2.35. The molecule has 1 fully saturated rings. The molecule has 2 aromatic carbocycles. The molecule has 1 aliphatic rings. The highest BCUT2D eigenvalue weighted by Crippen LogP contribution is 2.27. The topological polar surface area (TPSA) is 110 Å². The summed E-state index contributed by atoms with van der Waals surface area (Å²) in [5, 5.41) is 7.00. The van der Waals surface area contributed by atoms with Gasteiger partial charge in [0.2, 0.25) is 11.8 Å². The van der Waals surface area contributed by atoms with E-state index < -0.39 is 11.8 Å². The molecule has 1 saturated heterocycles. The van der Waals surface area contributed by atoms with Crippen molar-refractivity contribution in [1.82, 2.24) is 9.78 Å². The van der Waals surface area contributed by atoms with Crippen LogP contribution in [0.4, 0.5) is 11.4 Å². The summed E-state index contributed by atoms with van der Waals surface area (Å²) >= 11 is 0. The smallest absolute Gasteiger partial charge is 0.269 e. The lowest BCUT2D eigenvalue weighted by Gasteiger charge is -2.17. The van der Waals surface area contributed by atoms with Crippen molar-refractivity contribution >= 4 is 29.1 Å². The van der Waals surface area contributed by atoms with Gasteiger partial charge in [0.1, 0.15) is 5.69 Å². The van der Waals surface area contributed by atoms with Crippen LogP contribution >= 0.6 is 0 Å². The van der Waals surface area contributed by atoms with Crippen LogP contribution in [0.5, 0.6) is 0 Å². The molecule has 1 aliphatic heterocycles. The van der Waals surface area contributed by atoms with Crippen molar-refractivity contribution in [3.05, 3.63) is 72.1 Å². The van der Waals surface area contributed by atoms with Crippen LogP contribution in [0.2, 0.25) is 0 Å². The molecule has 0 aliphatic carbocycles. The largest absolute Gasteiger partial charge is 0.364 e. The molecule has 33 heavy (non-hydrogen) atoms. The van der Waals surface area contributed by atoms with Gasteiger partial charge in [0, 0.05) is 30.5 Å². The molecule has 3 N–H and O–H groups in total. The molecule has 0 bridgehead atoms. The average Bonchev–Trinajstić information content (AvgIpc) is 3.46. The maximum Gasteiger partial charge on any atom is 0.269 e. The minimum Gasteiger partial charge on any atom is -0.364 e. The second-order valence-electron chi connectivity index (χ2n) is 8.22. The summed E-state index contributed by atoms with van der Waals surface area (Å²) in [6.45, 7) is 2.53. The zero-order valence-electron chi connectivity index (χ0n) is 18.5. The first-order valence-corrected chi connectivity index (χ1v) is 11.1. The third-order valence-corrected chi connectivity index (χ3v) is 5.80. The summed E-state index contributed by atoms with van der Waals surface area (Å²) in [5.41, 5.74) is 8.85. The lowest BCUT2D eigenvalue weighted by atomic mass is 10.1. The normalized spacial score (nSPS) is 15.6. The van der Waals surface area contributed by atoms with E-state index in [1.165, 1.54) is 10.2 Å². The average molecular weight is 446 g/mol. The Labute approximate surface area is 192 Å². The van der Waals surface area contributed by atoms with Gasteiger partial charge in [-0.15, -0.1) is 0 Å². The Hall–Kier alpha value is -3.94. The zero-order chi connectivity index (χ0) is 23.4. The molecular formula is C25H27N5O3. The number of hydrogen-bond donors (Lipinski definition) is 2. The number of hydrogen-bond acceptors (Lipinski definition) is 4. The van der Waals surface area contributed by atoms with E-state index in [9.17, 15) is 14.4 Å². The van der Waals surface area contributed by atoms with Crippen LogP contribution < -0.4 is 16.0 Å². The standard InChI is InChI=1S/C25H27N5O3/c1-2-3-4-17-5-9-20(10-6-17)29-16-18(15-23(29)31)25(33)27-19-7-11-21(12-8-19)30-14-13-22(28-30)24(26)32/h5-14,18H,2-4,15-16H2,1H3,(H2,26,32)(H,27,33). The van der Waals surface area contributed by atoms with Gasteiger partial charge in [0.25, 0.3) is 5.91 Å². The number of nitrogens with zero attached hydrogens (tertiary/aromatic N) is 3. The molecule has 2 heterocycles. The Balaban J connectivity index is 1.36. The van der Waals surface area contributed by atoms with Crippen molar-refractivity contribution in [2.24, 2.45) is 11.7 Å². The molecule has 4 rings (SSSR count). The molecule has 3 aromatic rings. The zero-order valence-corrected chi connectivity index (χ0v) is 18.5. The summed E-state index contributed by atoms with van der Waals surface area (Å²) < 4.78 is 1.53. The molecule has 1 aromatic heterocycles. The Morgan fingerprint density at radius 3 is 2.39 bits per heavy atom. The Morgan fingerprint density at radius 2 is 1.76 bits per heavy atom. The van der Waals surface area contributed by atoms with Crippen molar-refractivity contribution in [2.75, 3.05) is 16.8 Å². The predicted molar refractivity (Wildman–Crippen MR) is 126 cm³/mol. The molecule has 3 amide bonds. The lowest BCUT2D eigenvalue weighted by Crippen LogP contribution is -2.28. The number of nitrogens with one attached hydrogen (secondary N) is 1. The first-order valence-electron chi connectivity index (χ1n) is 11.1. The summed E-state index contributed by atoms with van der Waals surface area (Å²) in [5.74, 6) is -1.24. The van der Waals surface area contributed by atoms with Gasteiger partial charge < -0.3 is 16.0 Å². The molecule has 8 nitrogen and oxygen atoms in total. The van der Waals surface area contributed by atoms with Gasteiger partial charge in [-0.3, -0.25) is 14.4 Å². The summed E-state index contributed by atoms with van der Waals surface area (Å²) in [6.07, 6.45) is 5.14. The molecule has 1 atom stereocenters. The predicted octanol–water partition coefficient (Wildman–Crippen LogP) is 3.31. The van der Waals surface area contributed by atoms with E-state index in [1.54, 1.807) is 41.4 Å². The maximum absolute atomic E-state index is 12.8. The van der Waals surface area contributed by atoms with Crippen molar-refractivity contribution in [2.45, 2.75) is 32.6 Å². The molecule has 0 spiro atoms. The minimum absolute atomic E-state index is 0.0456. The van der Waals surface area contributed by atoms with E-state index in [4.69, 9.17) is 5.73 Å². The number of carbonyl (C=O) groups is 3. The molecule has 8 heteroatoms. The number of aromatic nitrogens is 2. The maximum atomic E-state index is 12.8. The van der Waals surface area contributed by atoms with Crippen molar-refractivity contribution in [3.8, 4) is 5.69 Å². The highest BCUT2D eigenvalue weighted by molar-refractivity contribution is 6.03. The highest BCUT2D eigenvalue weighted by atomic mass is 16.2. The summed E-state index contributed by atoms with van der Waals surface area (Å²) in [4.78, 5) is 38.2. The molecule has 0 radical (unpaired) electrons. The minimum atomic E-state index is -0.592. The lowest BCUT2D eigenvalue weighted by molar-refractivity contribution is -0.122. The first kappa shape index (κ1) is 22.3. The fraction of sp³-hybridized carbons (Fsp3) is 0.280. The van der Waals surface area contributed by atoms with Crippen LogP contribution in [-0.4, -0.2) is 34.0 Å². The molecular weight excluding hydrogens is 418 g/mol. The van der Waals surface area contributed by atoms with E-state index >= 15 is 0 Å². The fourth-order valence-corrected chi connectivity index (χ4v) is 3.90. The van der Waals surface area contributed by atoms with E-state index in [0.717, 1.165) is 30.6 Å². The number of primary amides is 1. The van der Waals surface area contributed by atoms with Gasteiger partial charge in [-0.25, -0.2) is 4.68 Å². The number of benzene rings is 2. The number of aryl methyl sites for hydroxylation is 1. The van der Waals surface area contributed by atoms with E-state index in [2.05, 4.69) is 29.5 Å². The molecule has 1 unspecified atom stereocenters. The second kappa shape index (κ2) is 9.68. The fourth-order valence-electron chi connectivity index (χ4n) is 3.90. The van der Waals surface area contributed by atoms with Gasteiger partial charge >= 0.3 is 0 Å². The number of unbranched alkanes of at least 4 members (excludes halogenated alkanes) is 1. The third kappa shape index (κ3) is 5.11. The second-order valence-corrected chi connectivity index (χ2v) is 8.22. The summed E-state index contributed by atoms with van der Waals surface area (Å²) in [7, 11) is 0. The monoisotopic (exact) mass is 445 g/mol. The number of anilines is 2. The molecule has 170 valence electrons. The van der Waals surface area contributed by atoms with Crippen LogP contribution in [0.15, 0.2) is 60.8 Å². The quantitative estimate of drug-likeness (QED) is 0.554. The first-order chi connectivity index (χ1) is 15.9. The van der Waals surface area contributed by atoms with Gasteiger partial charge in [-0.2, -0.15) is 5.10 Å². The van der Waals surface area contributed by atoms with Crippen LogP contribution in [0.3, 0.4) is 0 Å². The van der Waals surface area contributed by atoms with E-state index in [0.29, 0.717) is 12.2 Å². The summed E-state index contributed by atoms with van der Waals surface area (Å²) in [6, 6.07) is 16.6. The number of rotatable bonds is 8. The number of nitrogens with two attached hydrogens (primary N) is 1. The van der Waals surface area contributed by atoms with Gasteiger partial charge in [0.15, 0.2) is 0 Å². The van der Waals surface area contributed by atoms with Crippen LogP contribution in [-0.2, 0) is 16.0 Å². The van der Waals surface area contributed by atoms with E-state index in [-0.39, 0.29) is 23.9 Å².